The Balaban J connectivity index is 1.17. The highest BCUT2D eigenvalue weighted by atomic mass is 32.2. The van der Waals surface area contributed by atoms with E-state index >= 15 is 0 Å². The number of hydrogen-bond donors (Lipinski definition) is 2. The van der Waals surface area contributed by atoms with E-state index in [2.05, 4.69) is 25.3 Å². The molecule has 0 fully saturated rings. The summed E-state index contributed by atoms with van der Waals surface area (Å²) in [7, 11) is 0. The zero-order valence-electron chi connectivity index (χ0n) is 18.6. The van der Waals surface area contributed by atoms with Crippen molar-refractivity contribution < 1.29 is 9.53 Å². The van der Waals surface area contributed by atoms with Crippen LogP contribution in [0.3, 0.4) is 0 Å². The number of thioether (sulfide) groups is 1. The van der Waals surface area contributed by atoms with Crippen LogP contribution < -0.4 is 15.6 Å². The molecule has 1 aromatic carbocycles. The van der Waals surface area contributed by atoms with Crippen LogP contribution in [0.25, 0.3) is 10.2 Å². The first-order valence-electron chi connectivity index (χ1n) is 11.0. The number of ether oxygens (including phenoxy) is 1. The summed E-state index contributed by atoms with van der Waals surface area (Å²) >= 11 is 3.05. The number of carbonyl (C=O) groups excluding carboxylic acids is 1. The minimum Gasteiger partial charge on any atom is -0.424 e. The van der Waals surface area contributed by atoms with Gasteiger partial charge in [-0.05, 0) is 68.0 Å². The summed E-state index contributed by atoms with van der Waals surface area (Å²) < 4.78 is 5.63. The normalized spacial score (nSPS) is 13.0. The number of nitrogens with one attached hydrogen (secondary N) is 2. The summed E-state index contributed by atoms with van der Waals surface area (Å²) in [5.74, 6) is 1.79. The summed E-state index contributed by atoms with van der Waals surface area (Å²) in [6.45, 7) is 1.89. The van der Waals surface area contributed by atoms with Gasteiger partial charge in [-0.2, -0.15) is 0 Å². The SMILES string of the molecule is Cc1cc(Oc2ncccn2)ccc1NC(=O)CSCc1nc2sc3c(c2c(=O)[nH]1)CCCC3. The van der Waals surface area contributed by atoms with Gasteiger partial charge >= 0.3 is 6.01 Å². The number of carbonyl (C=O) groups is 1. The first-order valence-corrected chi connectivity index (χ1v) is 13.0. The average Bonchev–Trinajstić information content (AvgIpc) is 3.20. The number of anilines is 1. The number of amides is 1. The van der Waals surface area contributed by atoms with E-state index in [9.17, 15) is 9.59 Å². The first kappa shape index (κ1) is 22.5. The van der Waals surface area contributed by atoms with Crippen LogP contribution in [0.5, 0.6) is 11.8 Å². The molecule has 0 unspecified atom stereocenters. The van der Waals surface area contributed by atoms with Gasteiger partial charge in [-0.3, -0.25) is 9.59 Å². The fourth-order valence-corrected chi connectivity index (χ4v) is 5.96. The molecule has 8 nitrogen and oxygen atoms in total. The molecule has 2 N–H and O–H groups in total. The van der Waals surface area contributed by atoms with Crippen molar-refractivity contribution >= 4 is 44.9 Å². The van der Waals surface area contributed by atoms with Crippen LogP contribution in [0, 0.1) is 6.92 Å². The van der Waals surface area contributed by atoms with Gasteiger partial charge in [0.05, 0.1) is 16.9 Å². The van der Waals surface area contributed by atoms with Crippen molar-refractivity contribution in [3.63, 3.8) is 0 Å². The number of aromatic amines is 1. The molecule has 5 rings (SSSR count). The van der Waals surface area contributed by atoms with Crippen LogP contribution in [0.4, 0.5) is 5.69 Å². The lowest BCUT2D eigenvalue weighted by atomic mass is 9.97. The van der Waals surface area contributed by atoms with Gasteiger partial charge in [-0.1, -0.05) is 0 Å². The number of benzene rings is 1. The number of hydrogen-bond acceptors (Lipinski definition) is 8. The lowest BCUT2D eigenvalue weighted by Gasteiger charge is -2.10. The maximum Gasteiger partial charge on any atom is 0.321 e. The van der Waals surface area contributed by atoms with E-state index in [1.54, 1.807) is 41.9 Å². The summed E-state index contributed by atoms with van der Waals surface area (Å²) in [4.78, 5) is 42.9. The Kier molecular flexibility index (Phi) is 6.59. The Morgan fingerprint density at radius 1 is 1.24 bits per heavy atom. The highest BCUT2D eigenvalue weighted by Gasteiger charge is 2.19. The van der Waals surface area contributed by atoms with E-state index in [0.717, 1.165) is 35.0 Å². The molecule has 174 valence electrons. The highest BCUT2D eigenvalue weighted by molar-refractivity contribution is 7.99. The zero-order chi connectivity index (χ0) is 23.5. The Labute approximate surface area is 204 Å². The fourth-order valence-electron chi connectivity index (χ4n) is 3.99. The number of rotatable bonds is 7. The number of H-pyrrole nitrogens is 1. The number of fused-ring (bicyclic) bond motifs is 3. The lowest BCUT2D eigenvalue weighted by molar-refractivity contribution is -0.113. The molecule has 0 aliphatic heterocycles. The predicted molar refractivity (Wildman–Crippen MR) is 135 cm³/mol. The van der Waals surface area contributed by atoms with E-state index in [1.807, 2.05) is 13.0 Å². The van der Waals surface area contributed by atoms with Gasteiger partial charge in [0.1, 0.15) is 16.4 Å². The maximum atomic E-state index is 12.7. The molecule has 34 heavy (non-hydrogen) atoms. The van der Waals surface area contributed by atoms with Gasteiger partial charge in [0.15, 0.2) is 0 Å². The van der Waals surface area contributed by atoms with Crippen molar-refractivity contribution in [3.05, 3.63) is 68.8 Å². The van der Waals surface area contributed by atoms with Crippen molar-refractivity contribution in [1.29, 1.82) is 0 Å². The van der Waals surface area contributed by atoms with E-state index in [-0.39, 0.29) is 23.2 Å². The molecule has 0 saturated carbocycles. The van der Waals surface area contributed by atoms with Crippen LogP contribution in [0.2, 0.25) is 0 Å². The largest absolute Gasteiger partial charge is 0.424 e. The van der Waals surface area contributed by atoms with Crippen molar-refractivity contribution in [1.82, 2.24) is 19.9 Å². The Morgan fingerprint density at radius 3 is 2.88 bits per heavy atom. The quantitative estimate of drug-likeness (QED) is 0.386. The van der Waals surface area contributed by atoms with E-state index < -0.39 is 0 Å². The molecule has 0 saturated heterocycles. The maximum absolute atomic E-state index is 12.7. The molecule has 4 aromatic rings. The van der Waals surface area contributed by atoms with Crippen LogP contribution in [0.15, 0.2) is 41.5 Å². The second-order valence-corrected chi connectivity index (χ2v) is 10.1. The van der Waals surface area contributed by atoms with Crippen molar-refractivity contribution in [3.8, 4) is 11.8 Å². The van der Waals surface area contributed by atoms with Gasteiger partial charge in [-0.25, -0.2) is 15.0 Å². The van der Waals surface area contributed by atoms with Crippen LogP contribution in [0.1, 0.15) is 34.7 Å². The van der Waals surface area contributed by atoms with Crippen molar-refractivity contribution in [2.75, 3.05) is 11.1 Å². The van der Waals surface area contributed by atoms with Crippen LogP contribution in [-0.2, 0) is 23.4 Å². The van der Waals surface area contributed by atoms with Crippen LogP contribution in [-0.4, -0.2) is 31.6 Å². The second kappa shape index (κ2) is 9.94. The van der Waals surface area contributed by atoms with Gasteiger partial charge < -0.3 is 15.0 Å². The molecule has 1 amide bonds. The summed E-state index contributed by atoms with van der Waals surface area (Å²) in [6.07, 6.45) is 7.51. The van der Waals surface area contributed by atoms with Gasteiger partial charge in [0.25, 0.3) is 5.56 Å². The average molecular weight is 494 g/mol. The number of thiophene rings is 1. The first-order chi connectivity index (χ1) is 16.6. The van der Waals surface area contributed by atoms with Crippen molar-refractivity contribution in [2.45, 2.75) is 38.4 Å². The number of nitrogens with zero attached hydrogens (tertiary/aromatic N) is 3. The van der Waals surface area contributed by atoms with Crippen LogP contribution >= 0.6 is 23.1 Å². The molecule has 0 radical (unpaired) electrons. The van der Waals surface area contributed by atoms with Crippen molar-refractivity contribution in [2.24, 2.45) is 0 Å². The Bertz CT molecular complexity index is 1400. The monoisotopic (exact) mass is 493 g/mol. The van der Waals surface area contributed by atoms with Gasteiger partial charge in [-0.15, -0.1) is 23.1 Å². The molecule has 3 heterocycles. The third-order valence-electron chi connectivity index (χ3n) is 5.57. The zero-order valence-corrected chi connectivity index (χ0v) is 20.2. The fraction of sp³-hybridized carbons (Fsp3) is 0.292. The molecule has 1 aliphatic carbocycles. The molecule has 10 heteroatoms. The minimum atomic E-state index is -0.122. The van der Waals surface area contributed by atoms with E-state index in [4.69, 9.17) is 4.74 Å². The molecule has 0 bridgehead atoms. The second-order valence-electron chi connectivity index (χ2n) is 8.05. The molecule has 1 aliphatic rings. The highest BCUT2D eigenvalue weighted by Crippen LogP contribution is 2.33. The predicted octanol–water partition coefficient (Wildman–Crippen LogP) is 4.63. The third kappa shape index (κ3) is 4.97. The third-order valence-corrected chi connectivity index (χ3v) is 7.70. The Hall–Kier alpha value is -3.24. The number of aryl methyl sites for hydroxylation is 3. The smallest absolute Gasteiger partial charge is 0.321 e. The summed E-state index contributed by atoms with van der Waals surface area (Å²) in [6, 6.07) is 7.36. The standard InChI is InChI=1S/C24H23N5O3S2/c1-14-11-15(32-24-25-9-4-10-26-24)7-8-17(14)27-20(30)13-33-12-19-28-22(31)21-16-5-2-3-6-18(16)34-23(21)29-19/h4,7-11H,2-3,5-6,12-13H2,1H3,(H,27,30)(H,28,29,31). The van der Waals surface area contributed by atoms with Gasteiger partial charge in [0.2, 0.25) is 5.91 Å². The molecular formula is C24H23N5O3S2. The molecule has 0 spiro atoms. The topological polar surface area (TPSA) is 110 Å². The molecular weight excluding hydrogens is 470 g/mol. The summed E-state index contributed by atoms with van der Waals surface area (Å²) in [5.41, 5.74) is 2.69. The minimum absolute atomic E-state index is 0.0664. The lowest BCUT2D eigenvalue weighted by Crippen LogP contribution is -2.16. The number of aromatic nitrogens is 4. The van der Waals surface area contributed by atoms with Gasteiger partial charge in [0, 0.05) is 23.0 Å². The van der Waals surface area contributed by atoms with E-state index in [0.29, 0.717) is 23.0 Å². The molecule has 3 aromatic heterocycles. The Morgan fingerprint density at radius 2 is 2.06 bits per heavy atom. The van der Waals surface area contributed by atoms with E-state index in [1.165, 1.54) is 28.6 Å². The summed E-state index contributed by atoms with van der Waals surface area (Å²) in [5, 5.41) is 3.68. The molecule has 0 atom stereocenters.